The van der Waals surface area contributed by atoms with Crippen molar-refractivity contribution < 1.29 is 14.3 Å². The predicted molar refractivity (Wildman–Crippen MR) is 150 cm³/mol. The van der Waals surface area contributed by atoms with Gasteiger partial charge in [-0.25, -0.2) is 10.4 Å². The highest BCUT2D eigenvalue weighted by molar-refractivity contribution is 8.00. The molecule has 0 bridgehead atoms. The Bertz CT molecular complexity index is 857. The van der Waals surface area contributed by atoms with E-state index in [1.54, 1.807) is 18.9 Å². The number of amides is 2. The molecule has 5 N–H and O–H groups in total. The van der Waals surface area contributed by atoms with Crippen molar-refractivity contribution in [2.24, 2.45) is 23.7 Å². The van der Waals surface area contributed by atoms with Crippen LogP contribution in [-0.4, -0.2) is 109 Å². The van der Waals surface area contributed by atoms with Crippen LogP contribution in [0.3, 0.4) is 0 Å². The number of alkyl halides is 1. The minimum absolute atomic E-state index is 0.0578. The first-order valence-corrected chi connectivity index (χ1v) is 15.7. The first-order valence-electron chi connectivity index (χ1n) is 14.3. The molecule has 5 fully saturated rings. The van der Waals surface area contributed by atoms with Crippen LogP contribution < -0.4 is 26.7 Å². The maximum Gasteiger partial charge on any atom is 0.241 e. The summed E-state index contributed by atoms with van der Waals surface area (Å²) in [5, 5.41) is 16.1. The van der Waals surface area contributed by atoms with Crippen LogP contribution in [0.5, 0.6) is 0 Å². The number of fused-ring (bicyclic) bond motifs is 1. The van der Waals surface area contributed by atoms with Crippen molar-refractivity contribution >= 4 is 35.2 Å². The van der Waals surface area contributed by atoms with Crippen LogP contribution in [0, 0.1) is 23.7 Å². The van der Waals surface area contributed by atoms with E-state index < -0.39 is 0 Å². The van der Waals surface area contributed by atoms with E-state index in [-0.39, 0.29) is 64.0 Å². The summed E-state index contributed by atoms with van der Waals surface area (Å²) in [5.41, 5.74) is 3.15. The zero-order valence-corrected chi connectivity index (χ0v) is 24.9. The average molecular weight is 572 g/mol. The first kappa shape index (κ1) is 28.9. The number of ether oxygens (including phenoxy) is 1. The first-order chi connectivity index (χ1) is 18.1. The van der Waals surface area contributed by atoms with E-state index in [2.05, 4.69) is 52.5 Å². The molecule has 0 aliphatic carbocycles. The fourth-order valence-electron chi connectivity index (χ4n) is 7.34. The van der Waals surface area contributed by atoms with Crippen molar-refractivity contribution in [1.82, 2.24) is 36.6 Å². The number of piperidine rings is 2. The van der Waals surface area contributed by atoms with Crippen LogP contribution >= 0.6 is 23.4 Å². The molecule has 38 heavy (non-hydrogen) atoms. The molecular formula is C26H46ClN7O3S. The standard InChI is InChI=1S/C26H46ClN7O3S/c1-13(2)20-8-18(32-33(20)4)25(36)34-11-19-22(12-34)38-26(30-19)31-24(35)17-9-28-14(3)6-15(17)16-7-23(27)29-10-21(16)37-5/h13-23,26,28-30,32H,6-12H2,1-5H3,(H,31,35). The molecule has 0 spiro atoms. The van der Waals surface area contributed by atoms with Crippen LogP contribution in [0.15, 0.2) is 0 Å². The summed E-state index contributed by atoms with van der Waals surface area (Å²) < 4.78 is 5.81. The van der Waals surface area contributed by atoms with Gasteiger partial charge in [-0.05, 0) is 43.9 Å². The molecule has 216 valence electrons. The molecule has 2 amide bonds. The Balaban J connectivity index is 1.15. The fourth-order valence-corrected chi connectivity index (χ4v) is 9.04. The van der Waals surface area contributed by atoms with Gasteiger partial charge in [0.1, 0.15) is 11.5 Å². The number of hydrogen-bond acceptors (Lipinski definition) is 9. The topological polar surface area (TPSA) is 110 Å². The number of carbonyl (C=O) groups excluding carboxylic acids is 2. The van der Waals surface area contributed by atoms with Gasteiger partial charge in [-0.1, -0.05) is 13.8 Å². The zero-order valence-electron chi connectivity index (χ0n) is 23.3. The number of rotatable bonds is 6. The molecule has 0 aromatic heterocycles. The number of nitrogens with one attached hydrogen (secondary N) is 5. The summed E-state index contributed by atoms with van der Waals surface area (Å²) in [6, 6.07) is 0.771. The molecule has 0 saturated carbocycles. The van der Waals surface area contributed by atoms with Gasteiger partial charge < -0.3 is 20.3 Å². The molecule has 5 heterocycles. The average Bonchev–Trinajstić information content (AvgIpc) is 3.56. The van der Waals surface area contributed by atoms with Crippen molar-refractivity contribution in [3.05, 3.63) is 0 Å². The van der Waals surface area contributed by atoms with Gasteiger partial charge in [0.05, 0.1) is 17.5 Å². The SMILES string of the molecule is COC1CNC(Cl)CC1C1CC(C)NCC1C(=O)NC1NC2CN(C(=O)C3CC(C(C)C)N(C)N3)CC2S1. The number of hydrogen-bond donors (Lipinski definition) is 5. The third-order valence-electron chi connectivity index (χ3n) is 9.44. The second-order valence-electron chi connectivity index (χ2n) is 12.3. The summed E-state index contributed by atoms with van der Waals surface area (Å²) in [5.74, 6) is 1.10. The number of methoxy groups -OCH3 is 1. The van der Waals surface area contributed by atoms with Crippen molar-refractivity contribution in [3.63, 3.8) is 0 Å². The number of likely N-dealkylation sites (tertiary alicyclic amines) is 1. The molecule has 11 atom stereocenters. The van der Waals surface area contributed by atoms with E-state index in [1.807, 2.05) is 11.9 Å². The molecule has 11 unspecified atom stereocenters. The second kappa shape index (κ2) is 12.1. The summed E-state index contributed by atoms with van der Waals surface area (Å²) in [6.07, 6.45) is 2.64. The summed E-state index contributed by atoms with van der Waals surface area (Å²) >= 11 is 8.22. The molecule has 12 heteroatoms. The summed E-state index contributed by atoms with van der Waals surface area (Å²) in [7, 11) is 3.78. The lowest BCUT2D eigenvalue weighted by Crippen LogP contribution is -2.57. The molecule has 0 radical (unpaired) electrons. The van der Waals surface area contributed by atoms with Gasteiger partial charge in [-0.15, -0.1) is 23.4 Å². The van der Waals surface area contributed by atoms with Crippen LogP contribution in [0.4, 0.5) is 0 Å². The largest absolute Gasteiger partial charge is 0.380 e. The number of thioether (sulfide) groups is 1. The lowest BCUT2D eigenvalue weighted by atomic mass is 9.70. The van der Waals surface area contributed by atoms with E-state index >= 15 is 0 Å². The lowest BCUT2D eigenvalue weighted by molar-refractivity contribution is -0.133. The highest BCUT2D eigenvalue weighted by atomic mass is 35.5. The second-order valence-corrected chi connectivity index (χ2v) is 14.2. The Hall–Kier alpha value is -0.660. The van der Waals surface area contributed by atoms with Gasteiger partial charge in [0.2, 0.25) is 11.8 Å². The molecule has 10 nitrogen and oxygen atoms in total. The third kappa shape index (κ3) is 6.00. The van der Waals surface area contributed by atoms with Gasteiger partial charge >= 0.3 is 0 Å². The van der Waals surface area contributed by atoms with Gasteiger partial charge in [0.15, 0.2) is 0 Å². The van der Waals surface area contributed by atoms with Crippen LogP contribution in [0.2, 0.25) is 0 Å². The van der Waals surface area contributed by atoms with Crippen molar-refractivity contribution in [1.29, 1.82) is 0 Å². The van der Waals surface area contributed by atoms with Gasteiger partial charge in [0, 0.05) is 63.7 Å². The molecule has 5 aliphatic rings. The number of carbonyl (C=O) groups is 2. The fraction of sp³-hybridized carbons (Fsp3) is 0.923. The van der Waals surface area contributed by atoms with Gasteiger partial charge in [-0.3, -0.25) is 20.2 Å². The number of halogens is 1. The minimum Gasteiger partial charge on any atom is -0.380 e. The molecular weight excluding hydrogens is 526 g/mol. The Labute approximate surface area is 236 Å². The van der Waals surface area contributed by atoms with E-state index in [4.69, 9.17) is 16.3 Å². The molecule has 5 rings (SSSR count). The Kier molecular flexibility index (Phi) is 9.16. The maximum atomic E-state index is 13.6. The third-order valence-corrected chi connectivity index (χ3v) is 11.1. The lowest BCUT2D eigenvalue weighted by Gasteiger charge is -2.45. The number of nitrogens with zero attached hydrogens (tertiary/aromatic N) is 2. The Morgan fingerprint density at radius 2 is 1.89 bits per heavy atom. The quantitative estimate of drug-likeness (QED) is 0.228. The maximum absolute atomic E-state index is 13.6. The van der Waals surface area contributed by atoms with Crippen molar-refractivity contribution in [2.45, 2.75) is 86.6 Å². The van der Waals surface area contributed by atoms with E-state index in [0.29, 0.717) is 44.2 Å². The zero-order chi connectivity index (χ0) is 27.1. The van der Waals surface area contributed by atoms with Crippen LogP contribution in [0.1, 0.15) is 40.0 Å². The monoisotopic (exact) mass is 571 g/mol. The molecule has 0 aromatic carbocycles. The highest BCUT2D eigenvalue weighted by Gasteiger charge is 2.48. The van der Waals surface area contributed by atoms with E-state index in [0.717, 1.165) is 19.3 Å². The molecule has 5 aliphatic heterocycles. The van der Waals surface area contributed by atoms with Gasteiger partial charge in [0.25, 0.3) is 0 Å². The molecule has 0 aromatic rings. The number of hydrazine groups is 1. The van der Waals surface area contributed by atoms with Crippen molar-refractivity contribution in [3.8, 4) is 0 Å². The summed E-state index contributed by atoms with van der Waals surface area (Å²) in [4.78, 5) is 28.8. The minimum atomic E-state index is -0.150. The Morgan fingerprint density at radius 3 is 2.58 bits per heavy atom. The van der Waals surface area contributed by atoms with Crippen molar-refractivity contribution in [2.75, 3.05) is 40.3 Å². The van der Waals surface area contributed by atoms with Gasteiger partial charge in [-0.2, -0.15) is 0 Å². The smallest absolute Gasteiger partial charge is 0.241 e. The highest BCUT2D eigenvalue weighted by Crippen LogP contribution is 2.38. The van der Waals surface area contributed by atoms with E-state index in [1.165, 1.54) is 0 Å². The predicted octanol–water partition coefficient (Wildman–Crippen LogP) is 0.339. The Morgan fingerprint density at radius 1 is 1.11 bits per heavy atom. The molecule has 5 saturated heterocycles. The van der Waals surface area contributed by atoms with Crippen LogP contribution in [-0.2, 0) is 14.3 Å². The van der Waals surface area contributed by atoms with E-state index in [9.17, 15) is 9.59 Å². The normalized spacial score (nSPS) is 44.0. The van der Waals surface area contributed by atoms with Crippen LogP contribution in [0.25, 0.3) is 0 Å². The summed E-state index contributed by atoms with van der Waals surface area (Å²) in [6.45, 7) is 9.37.